The van der Waals surface area contributed by atoms with E-state index in [0.29, 0.717) is 17.5 Å². The van der Waals surface area contributed by atoms with Crippen molar-refractivity contribution in [3.63, 3.8) is 0 Å². The molecule has 6 aromatic carbocycles. The Morgan fingerprint density at radius 3 is 1.96 bits per heavy atom. The second kappa shape index (κ2) is 10.7. The smallest absolute Gasteiger partial charge is 0.164 e. The number of nitrogens with zero attached hydrogens (tertiary/aromatic N) is 4. The first-order valence-electron chi connectivity index (χ1n) is 15.8. The molecule has 6 heteroatoms. The van der Waals surface area contributed by atoms with Crippen molar-refractivity contribution >= 4 is 64.4 Å². The zero-order valence-corrected chi connectivity index (χ0v) is 26.3. The number of fused-ring (bicyclic) bond motifs is 7. The van der Waals surface area contributed by atoms with Crippen molar-refractivity contribution in [3.05, 3.63) is 146 Å². The highest BCUT2D eigenvalue weighted by Crippen LogP contribution is 2.46. The molecule has 0 radical (unpaired) electrons. The summed E-state index contributed by atoms with van der Waals surface area (Å²) in [6, 6.07) is 47.9. The molecule has 0 unspecified atom stereocenters. The lowest BCUT2D eigenvalue weighted by atomic mass is 9.95. The summed E-state index contributed by atoms with van der Waals surface area (Å²) >= 11 is 1.82. The molecule has 0 N–H and O–H groups in total. The van der Waals surface area contributed by atoms with E-state index >= 15 is 0 Å². The minimum atomic E-state index is 0.590. The Bertz CT molecular complexity index is 2780. The number of rotatable bonds is 4. The fraction of sp³-hybridized carbons (Fsp3) is 0. The highest BCUT2D eigenvalue weighted by atomic mass is 32.1. The summed E-state index contributed by atoms with van der Waals surface area (Å²) in [5, 5.41) is 5.48. The maximum Gasteiger partial charge on any atom is 0.164 e. The number of pyridine rings is 1. The van der Waals surface area contributed by atoms with E-state index in [4.69, 9.17) is 19.4 Å². The molecule has 0 bridgehead atoms. The quantitative estimate of drug-likeness (QED) is 0.193. The Morgan fingerprint density at radius 2 is 1.17 bits per heavy atom. The normalized spacial score (nSPS) is 11.8. The van der Waals surface area contributed by atoms with Gasteiger partial charge in [0.15, 0.2) is 17.5 Å². The van der Waals surface area contributed by atoms with Gasteiger partial charge in [0.05, 0.1) is 5.52 Å². The summed E-state index contributed by atoms with van der Waals surface area (Å²) in [7, 11) is 0. The fourth-order valence-corrected chi connectivity index (χ4v) is 7.91. The van der Waals surface area contributed by atoms with Crippen LogP contribution in [0, 0.1) is 0 Å². The van der Waals surface area contributed by atoms with Gasteiger partial charge < -0.3 is 4.42 Å². The lowest BCUT2D eigenvalue weighted by molar-refractivity contribution is 0.670. The van der Waals surface area contributed by atoms with Crippen LogP contribution < -0.4 is 0 Å². The molecule has 4 heterocycles. The van der Waals surface area contributed by atoms with Crippen molar-refractivity contribution in [1.29, 1.82) is 0 Å². The van der Waals surface area contributed by atoms with Crippen LogP contribution >= 0.6 is 11.3 Å². The molecule has 0 amide bonds. The van der Waals surface area contributed by atoms with Crippen LogP contribution in [-0.4, -0.2) is 19.9 Å². The summed E-state index contributed by atoms with van der Waals surface area (Å²) in [5.74, 6) is 1.83. The van der Waals surface area contributed by atoms with Gasteiger partial charge in [-0.05, 0) is 42.0 Å². The molecule has 10 aromatic rings. The molecule has 48 heavy (non-hydrogen) atoms. The van der Waals surface area contributed by atoms with Gasteiger partial charge in [0.25, 0.3) is 0 Å². The summed E-state index contributed by atoms with van der Waals surface area (Å²) in [4.78, 5) is 19.8. The number of hydrogen-bond acceptors (Lipinski definition) is 6. The molecule has 10 rings (SSSR count). The summed E-state index contributed by atoms with van der Waals surface area (Å²) in [6.07, 6.45) is 1.82. The van der Waals surface area contributed by atoms with E-state index in [-0.39, 0.29) is 0 Å². The number of aromatic nitrogens is 4. The summed E-state index contributed by atoms with van der Waals surface area (Å²) in [5.41, 5.74) is 7.35. The highest BCUT2D eigenvalue weighted by molar-refractivity contribution is 7.25. The van der Waals surface area contributed by atoms with Gasteiger partial charge in [-0.1, -0.05) is 97.1 Å². The minimum absolute atomic E-state index is 0.590. The standard InChI is InChI=1S/C42H24N4OS/c1-3-11-25(12-4-1)40-44-41(26-13-5-2-6-14-26)46-42(45-40)31-21-20-29(28-17-9-19-36-37(28)30-16-7-8-18-35(30)48-36)39-38(31)32-23-27-15-10-22-43-33(27)24-34(32)47-39/h1-24H. The molecule has 0 aliphatic carbocycles. The van der Waals surface area contributed by atoms with Crippen LogP contribution in [0.3, 0.4) is 0 Å². The third-order valence-corrected chi connectivity index (χ3v) is 10.1. The highest BCUT2D eigenvalue weighted by Gasteiger charge is 2.23. The zero-order chi connectivity index (χ0) is 31.6. The summed E-state index contributed by atoms with van der Waals surface area (Å²) < 4.78 is 9.38. The van der Waals surface area contributed by atoms with Gasteiger partial charge in [-0.25, -0.2) is 15.0 Å². The van der Waals surface area contributed by atoms with Gasteiger partial charge in [-0.2, -0.15) is 0 Å². The van der Waals surface area contributed by atoms with Gasteiger partial charge in [0.2, 0.25) is 0 Å². The van der Waals surface area contributed by atoms with Crippen molar-refractivity contribution in [3.8, 4) is 45.3 Å². The monoisotopic (exact) mass is 632 g/mol. The summed E-state index contributed by atoms with van der Waals surface area (Å²) in [6.45, 7) is 0. The molecule has 5 nitrogen and oxygen atoms in total. The molecule has 224 valence electrons. The van der Waals surface area contributed by atoms with Crippen molar-refractivity contribution in [2.45, 2.75) is 0 Å². The van der Waals surface area contributed by atoms with Crippen LogP contribution in [0.25, 0.3) is 98.3 Å². The first-order chi connectivity index (χ1) is 23.8. The van der Waals surface area contributed by atoms with Crippen LogP contribution in [0.5, 0.6) is 0 Å². The molecule has 0 spiro atoms. The Kier molecular flexibility index (Phi) is 5.98. The van der Waals surface area contributed by atoms with E-state index in [1.807, 2.05) is 90.3 Å². The molecular formula is C42H24N4OS. The first-order valence-corrected chi connectivity index (χ1v) is 16.6. The van der Waals surface area contributed by atoms with Gasteiger partial charge in [0, 0.05) is 70.8 Å². The molecule has 4 aromatic heterocycles. The van der Waals surface area contributed by atoms with Gasteiger partial charge >= 0.3 is 0 Å². The predicted molar refractivity (Wildman–Crippen MR) is 197 cm³/mol. The van der Waals surface area contributed by atoms with Crippen LogP contribution in [0.15, 0.2) is 150 Å². The Hall–Kier alpha value is -6.24. The second-order valence-corrected chi connectivity index (χ2v) is 12.9. The minimum Gasteiger partial charge on any atom is -0.455 e. The van der Waals surface area contributed by atoms with Crippen molar-refractivity contribution in [1.82, 2.24) is 19.9 Å². The maximum atomic E-state index is 6.87. The van der Waals surface area contributed by atoms with Crippen LogP contribution in [0.2, 0.25) is 0 Å². The van der Waals surface area contributed by atoms with Crippen LogP contribution in [-0.2, 0) is 0 Å². The average molecular weight is 633 g/mol. The van der Waals surface area contributed by atoms with Gasteiger partial charge in [-0.3, -0.25) is 4.98 Å². The third-order valence-electron chi connectivity index (χ3n) is 8.98. The molecule has 0 saturated carbocycles. The van der Waals surface area contributed by atoms with Gasteiger partial charge in [0.1, 0.15) is 11.2 Å². The van der Waals surface area contributed by atoms with Crippen molar-refractivity contribution in [2.24, 2.45) is 0 Å². The van der Waals surface area contributed by atoms with E-state index in [1.54, 1.807) is 0 Å². The molecule has 0 atom stereocenters. The van der Waals surface area contributed by atoms with E-state index in [1.165, 1.54) is 20.2 Å². The first kappa shape index (κ1) is 26.9. The molecule has 0 saturated heterocycles. The second-order valence-electron chi connectivity index (χ2n) is 11.8. The van der Waals surface area contributed by atoms with Crippen LogP contribution in [0.1, 0.15) is 0 Å². The molecule has 0 fully saturated rings. The maximum absolute atomic E-state index is 6.87. The topological polar surface area (TPSA) is 64.7 Å². The van der Waals surface area contributed by atoms with E-state index in [9.17, 15) is 0 Å². The molecule has 0 aliphatic rings. The van der Waals surface area contributed by atoms with E-state index < -0.39 is 0 Å². The predicted octanol–water partition coefficient (Wildman–Crippen LogP) is 11.4. The van der Waals surface area contributed by atoms with E-state index in [2.05, 4.69) is 71.7 Å². The van der Waals surface area contributed by atoms with Crippen LogP contribution in [0.4, 0.5) is 0 Å². The lowest BCUT2D eigenvalue weighted by Gasteiger charge is -2.11. The molecular weight excluding hydrogens is 609 g/mol. The lowest BCUT2D eigenvalue weighted by Crippen LogP contribution is -2.00. The number of thiophene rings is 1. The number of benzene rings is 6. The zero-order valence-electron chi connectivity index (χ0n) is 25.5. The van der Waals surface area contributed by atoms with E-state index in [0.717, 1.165) is 60.7 Å². The average Bonchev–Trinajstić information content (AvgIpc) is 3.72. The Labute approximate surface area is 278 Å². The number of furan rings is 1. The fourth-order valence-electron chi connectivity index (χ4n) is 6.77. The SMILES string of the molecule is c1ccc(-c2nc(-c3ccccc3)nc(-c3ccc(-c4cccc5sc6ccccc6c45)c4oc5cc6ncccc6cc5c34)n2)cc1. The van der Waals surface area contributed by atoms with Crippen molar-refractivity contribution < 1.29 is 4.42 Å². The number of hydrogen-bond donors (Lipinski definition) is 0. The Balaban J connectivity index is 1.31. The largest absolute Gasteiger partial charge is 0.455 e. The third kappa shape index (κ3) is 4.24. The van der Waals surface area contributed by atoms with Gasteiger partial charge in [-0.15, -0.1) is 11.3 Å². The van der Waals surface area contributed by atoms with Crippen molar-refractivity contribution in [2.75, 3.05) is 0 Å². The molecule has 0 aliphatic heterocycles. The Morgan fingerprint density at radius 1 is 0.479 bits per heavy atom.